The Balaban J connectivity index is 3.73. The van der Waals surface area contributed by atoms with Crippen LogP contribution >= 0.6 is 7.82 Å². The molecular weight excluding hydrogens is 725 g/mol. The molecule has 0 saturated carbocycles. The highest BCUT2D eigenvalue weighted by Gasteiger charge is 2.23. The van der Waals surface area contributed by atoms with Crippen LogP contribution in [-0.4, -0.2) is 54.3 Å². The van der Waals surface area contributed by atoms with Crippen LogP contribution < -0.4 is 5.32 Å². The molecule has 1 amide bonds. The summed E-state index contributed by atoms with van der Waals surface area (Å²) in [7, 11) is -4.43. The van der Waals surface area contributed by atoms with Crippen LogP contribution in [0.1, 0.15) is 162 Å². The fraction of sp³-hybridized carbons (Fsp3) is 0.652. The van der Waals surface area contributed by atoms with E-state index < -0.39 is 26.5 Å². The van der Waals surface area contributed by atoms with Gasteiger partial charge in [0.05, 0.1) is 13.2 Å². The van der Waals surface area contributed by atoms with E-state index in [0.29, 0.717) is 12.8 Å². The molecule has 0 aliphatic heterocycles. The number of carbonyl (C=O) groups is 2. The summed E-state index contributed by atoms with van der Waals surface area (Å²) in [5.74, 6) is -0.583. The van der Waals surface area contributed by atoms with Crippen LogP contribution in [0, 0.1) is 0 Å². The number of carbonyl (C=O) groups excluding carboxylic acids is 2. The van der Waals surface area contributed by atoms with Gasteiger partial charge in [0, 0.05) is 19.4 Å². The van der Waals surface area contributed by atoms with E-state index in [1.165, 1.54) is 57.8 Å². The van der Waals surface area contributed by atoms with Gasteiger partial charge in [0.2, 0.25) is 5.91 Å². The molecule has 0 radical (unpaired) electrons. The minimum atomic E-state index is -4.43. The van der Waals surface area contributed by atoms with Crippen LogP contribution in [0.25, 0.3) is 0 Å². The predicted molar refractivity (Wildman–Crippen MR) is 233 cm³/mol. The molecule has 10 heteroatoms. The number of nitrogens with one attached hydrogen (secondary N) is 1. The summed E-state index contributed by atoms with van der Waals surface area (Å²) in [5.41, 5.74) is 0. The highest BCUT2D eigenvalue weighted by atomic mass is 31.2. The summed E-state index contributed by atoms with van der Waals surface area (Å²) in [6, 6.07) is 0. The van der Waals surface area contributed by atoms with E-state index in [-0.39, 0.29) is 32.1 Å². The quantitative estimate of drug-likeness (QED) is 0.0242. The lowest BCUT2D eigenvalue weighted by atomic mass is 10.0. The first kappa shape index (κ1) is 53.2. The molecule has 3 N–H and O–H groups in total. The van der Waals surface area contributed by atoms with Crippen molar-refractivity contribution in [2.24, 2.45) is 0 Å². The smallest absolute Gasteiger partial charge is 0.463 e. The van der Waals surface area contributed by atoms with Gasteiger partial charge >= 0.3 is 13.8 Å². The van der Waals surface area contributed by atoms with Crippen molar-refractivity contribution >= 4 is 19.7 Å². The van der Waals surface area contributed by atoms with Crippen molar-refractivity contribution in [1.29, 1.82) is 0 Å². The zero-order valence-corrected chi connectivity index (χ0v) is 35.9. The molecule has 0 fully saturated rings. The second-order valence-corrected chi connectivity index (χ2v) is 15.4. The molecule has 0 aromatic heterocycles. The van der Waals surface area contributed by atoms with Crippen LogP contribution in [0.4, 0.5) is 0 Å². The number of rotatable bonds is 39. The third-order valence-electron chi connectivity index (χ3n) is 8.59. The van der Waals surface area contributed by atoms with Crippen LogP contribution in [-0.2, 0) is 27.9 Å². The van der Waals surface area contributed by atoms with Gasteiger partial charge in [-0.2, -0.15) is 0 Å². The summed E-state index contributed by atoms with van der Waals surface area (Å²) in [4.78, 5) is 33.8. The number of phosphoric acid groups is 1. The standard InChI is InChI=1S/C46H78NO8P/c1-3-5-7-9-11-13-15-17-18-19-20-21-22-23-24-25-26-27-28-30-32-34-36-38-45(49)47-40-41-54-56(51,52)55-43-44(48)42-53-46(50)39-37-35-33-31-29-16-14-12-10-8-6-4-2/h5,7,11,13,17-18,20-21,23-24,26-27,30,32,44,48H,3-4,6,8-10,12,14-16,19,22,25,28-29,31,33-43H2,1-2H3,(H,47,49)(H,51,52)/b7-5-,13-11-,18-17-,21-20-,24-23-,27-26-,32-30-. The first-order valence-electron chi connectivity index (χ1n) is 21.6. The maximum atomic E-state index is 12.1. The Bertz CT molecular complexity index is 1190. The van der Waals surface area contributed by atoms with Gasteiger partial charge in [0.1, 0.15) is 12.7 Å². The van der Waals surface area contributed by atoms with Gasteiger partial charge in [-0.25, -0.2) is 4.57 Å². The molecular formula is C46H78NO8P. The van der Waals surface area contributed by atoms with E-state index in [0.717, 1.165) is 70.6 Å². The molecule has 0 aliphatic carbocycles. The number of phosphoric ester groups is 1. The Morgan fingerprint density at radius 2 is 1.02 bits per heavy atom. The van der Waals surface area contributed by atoms with Crippen LogP contribution in [0.2, 0.25) is 0 Å². The number of hydrogen-bond donors (Lipinski definition) is 3. The highest BCUT2D eigenvalue weighted by molar-refractivity contribution is 7.47. The van der Waals surface area contributed by atoms with Crippen LogP contribution in [0.3, 0.4) is 0 Å². The summed E-state index contributed by atoms with van der Waals surface area (Å²) in [6.07, 6.45) is 52.4. The molecule has 0 heterocycles. The Morgan fingerprint density at radius 3 is 1.50 bits per heavy atom. The molecule has 2 unspecified atom stereocenters. The average Bonchev–Trinajstić information content (AvgIpc) is 3.18. The number of esters is 1. The van der Waals surface area contributed by atoms with Crippen LogP contribution in [0.5, 0.6) is 0 Å². The largest absolute Gasteiger partial charge is 0.472 e. The van der Waals surface area contributed by atoms with Gasteiger partial charge in [-0.3, -0.25) is 18.6 Å². The van der Waals surface area contributed by atoms with Crippen molar-refractivity contribution in [3.8, 4) is 0 Å². The molecule has 0 aromatic carbocycles. The minimum absolute atomic E-state index is 0.0462. The van der Waals surface area contributed by atoms with Gasteiger partial charge < -0.3 is 20.1 Å². The number of aliphatic hydroxyl groups excluding tert-OH is 1. The normalized spacial score (nSPS) is 14.1. The predicted octanol–water partition coefficient (Wildman–Crippen LogP) is 12.0. The summed E-state index contributed by atoms with van der Waals surface area (Å²) in [5, 5.41) is 12.6. The Hall–Kier alpha value is -2.81. The second kappa shape index (κ2) is 41.8. The molecule has 0 bridgehead atoms. The number of allylic oxidation sites excluding steroid dienone is 14. The molecule has 56 heavy (non-hydrogen) atoms. The van der Waals surface area contributed by atoms with Crippen molar-refractivity contribution in [2.45, 2.75) is 168 Å². The van der Waals surface area contributed by atoms with E-state index in [4.69, 9.17) is 13.8 Å². The number of hydrogen-bond acceptors (Lipinski definition) is 7. The molecule has 0 rings (SSSR count). The monoisotopic (exact) mass is 804 g/mol. The van der Waals surface area contributed by atoms with Crippen molar-refractivity contribution in [1.82, 2.24) is 5.32 Å². The fourth-order valence-electron chi connectivity index (χ4n) is 5.37. The Kier molecular flexibility index (Phi) is 39.7. The van der Waals surface area contributed by atoms with E-state index in [1.807, 2.05) is 0 Å². The lowest BCUT2D eigenvalue weighted by Crippen LogP contribution is -2.27. The number of aliphatic hydroxyl groups is 1. The average molecular weight is 804 g/mol. The van der Waals surface area contributed by atoms with E-state index in [2.05, 4.69) is 104 Å². The zero-order chi connectivity index (χ0) is 41.1. The van der Waals surface area contributed by atoms with E-state index in [9.17, 15) is 24.2 Å². The highest BCUT2D eigenvalue weighted by Crippen LogP contribution is 2.42. The third kappa shape index (κ3) is 42.3. The van der Waals surface area contributed by atoms with Gasteiger partial charge in [0.25, 0.3) is 0 Å². The van der Waals surface area contributed by atoms with Gasteiger partial charge in [-0.15, -0.1) is 0 Å². The Labute approximate surface area is 341 Å². The molecule has 0 saturated heterocycles. The number of amides is 1. The van der Waals surface area contributed by atoms with Crippen molar-refractivity contribution in [2.75, 3.05) is 26.4 Å². The summed E-state index contributed by atoms with van der Waals surface area (Å²) >= 11 is 0. The molecule has 0 aromatic rings. The second-order valence-electron chi connectivity index (χ2n) is 13.9. The third-order valence-corrected chi connectivity index (χ3v) is 9.57. The van der Waals surface area contributed by atoms with Crippen molar-refractivity contribution < 1.29 is 37.9 Å². The first-order valence-corrected chi connectivity index (χ1v) is 23.1. The van der Waals surface area contributed by atoms with Gasteiger partial charge in [-0.1, -0.05) is 170 Å². The topological polar surface area (TPSA) is 131 Å². The first-order chi connectivity index (χ1) is 27.3. The van der Waals surface area contributed by atoms with Crippen molar-refractivity contribution in [3.05, 3.63) is 85.1 Å². The van der Waals surface area contributed by atoms with Gasteiger partial charge in [0.15, 0.2) is 0 Å². The molecule has 0 spiro atoms. The zero-order valence-electron chi connectivity index (χ0n) is 35.0. The Morgan fingerprint density at radius 1 is 0.571 bits per heavy atom. The summed E-state index contributed by atoms with van der Waals surface area (Å²) < 4.78 is 26.8. The maximum absolute atomic E-state index is 12.1. The van der Waals surface area contributed by atoms with E-state index >= 15 is 0 Å². The molecule has 9 nitrogen and oxygen atoms in total. The minimum Gasteiger partial charge on any atom is -0.463 e. The lowest BCUT2D eigenvalue weighted by molar-refractivity contribution is -0.147. The fourth-order valence-corrected chi connectivity index (χ4v) is 6.13. The SMILES string of the molecule is CC/C=C\C/C=C\C/C=C\C/C=C\C/C=C\C/C=C\C/C=C\CCCC(=O)NCCOP(=O)(O)OCC(O)COC(=O)CCCCCCCCCCCCCC. The number of unbranched alkanes of at least 4 members (excludes halogenated alkanes) is 12. The maximum Gasteiger partial charge on any atom is 0.472 e. The van der Waals surface area contributed by atoms with Gasteiger partial charge in [-0.05, 0) is 64.2 Å². The lowest BCUT2D eigenvalue weighted by Gasteiger charge is -2.15. The van der Waals surface area contributed by atoms with Crippen molar-refractivity contribution in [3.63, 3.8) is 0 Å². The molecule has 320 valence electrons. The van der Waals surface area contributed by atoms with E-state index in [1.54, 1.807) is 0 Å². The van der Waals surface area contributed by atoms with Crippen LogP contribution in [0.15, 0.2) is 85.1 Å². The molecule has 0 aliphatic rings. The number of ether oxygens (including phenoxy) is 1. The molecule has 2 atom stereocenters. The summed E-state index contributed by atoms with van der Waals surface area (Å²) in [6.45, 7) is 3.34.